The maximum absolute atomic E-state index is 12.2. The van der Waals surface area contributed by atoms with Crippen LogP contribution in [0.5, 0.6) is 0 Å². The van der Waals surface area contributed by atoms with Crippen molar-refractivity contribution in [2.45, 2.75) is 32.7 Å². The maximum Gasteiger partial charge on any atom is 0.312 e. The van der Waals surface area contributed by atoms with Gasteiger partial charge in [-0.25, -0.2) is 0 Å². The summed E-state index contributed by atoms with van der Waals surface area (Å²) in [6.45, 7) is 3.56. The Balaban J connectivity index is 2.75. The van der Waals surface area contributed by atoms with Crippen LogP contribution in [0.1, 0.15) is 37.0 Å². The highest BCUT2D eigenvalue weighted by molar-refractivity contribution is 6.30. The fourth-order valence-corrected chi connectivity index (χ4v) is 2.55. The normalized spacial score (nSPS) is 14.3. The molecule has 0 aromatic heterocycles. The van der Waals surface area contributed by atoms with Gasteiger partial charge >= 0.3 is 5.97 Å². The summed E-state index contributed by atoms with van der Waals surface area (Å²) in [5, 5.41) is 3.34. The van der Waals surface area contributed by atoms with Gasteiger partial charge in [0, 0.05) is 23.0 Å². The topological polar surface area (TPSA) is 55.4 Å². The van der Waals surface area contributed by atoms with Crippen molar-refractivity contribution in [1.29, 1.82) is 0 Å². The summed E-state index contributed by atoms with van der Waals surface area (Å²) in [6, 6.07) is 6.42. The van der Waals surface area contributed by atoms with E-state index in [4.69, 9.17) is 22.8 Å². The first-order valence-corrected chi connectivity index (χ1v) is 7.28. The van der Waals surface area contributed by atoms with E-state index >= 15 is 0 Å². The van der Waals surface area contributed by atoms with Gasteiger partial charge in [-0.15, -0.1) is 12.3 Å². The monoisotopic (exact) mass is 321 g/mol. The van der Waals surface area contributed by atoms with Gasteiger partial charge in [-0.3, -0.25) is 9.59 Å². The van der Waals surface area contributed by atoms with Gasteiger partial charge < -0.3 is 10.1 Å². The molecule has 0 aliphatic carbocycles. The molecule has 0 radical (unpaired) electrons. The first-order chi connectivity index (χ1) is 10.3. The molecular weight excluding hydrogens is 302 g/mol. The van der Waals surface area contributed by atoms with Crippen LogP contribution in [0, 0.1) is 17.8 Å². The van der Waals surface area contributed by atoms with Crippen molar-refractivity contribution in [2.75, 3.05) is 7.11 Å². The standard InChI is InChI=1S/C17H20ClNO3/c1-5-9-17(3,16(21)22-4)11-12(2)19-15(20)13-7-6-8-14(18)10-13/h1,6-8,10,12H,9,11H2,2-4H3,(H,19,20). The zero-order valence-electron chi connectivity index (χ0n) is 13.0. The van der Waals surface area contributed by atoms with Crippen LogP contribution >= 0.6 is 11.6 Å². The summed E-state index contributed by atoms with van der Waals surface area (Å²) in [5.41, 5.74) is -0.360. The summed E-state index contributed by atoms with van der Waals surface area (Å²) >= 11 is 5.87. The molecule has 0 spiro atoms. The van der Waals surface area contributed by atoms with Crippen molar-refractivity contribution in [3.8, 4) is 12.3 Å². The molecule has 0 bridgehead atoms. The number of carbonyl (C=O) groups is 2. The molecule has 1 aromatic carbocycles. The smallest absolute Gasteiger partial charge is 0.312 e. The molecule has 118 valence electrons. The molecule has 0 saturated heterocycles. The summed E-state index contributed by atoms with van der Waals surface area (Å²) in [4.78, 5) is 24.1. The van der Waals surface area contributed by atoms with Crippen molar-refractivity contribution in [2.24, 2.45) is 5.41 Å². The fourth-order valence-electron chi connectivity index (χ4n) is 2.36. The van der Waals surface area contributed by atoms with Crippen LogP contribution in [0.15, 0.2) is 24.3 Å². The third-order valence-electron chi connectivity index (χ3n) is 3.39. The molecule has 5 heteroatoms. The molecule has 0 aliphatic rings. The number of esters is 1. The lowest BCUT2D eigenvalue weighted by molar-refractivity contribution is -0.152. The Bertz CT molecular complexity index is 594. The summed E-state index contributed by atoms with van der Waals surface area (Å²) < 4.78 is 4.81. The Kier molecular flexibility index (Phi) is 6.45. The van der Waals surface area contributed by atoms with Crippen LogP contribution < -0.4 is 5.32 Å². The van der Waals surface area contributed by atoms with E-state index in [1.807, 2.05) is 6.92 Å². The molecule has 0 saturated carbocycles. The zero-order chi connectivity index (χ0) is 16.8. The van der Waals surface area contributed by atoms with Gasteiger partial charge in [0.2, 0.25) is 0 Å². The number of nitrogens with one attached hydrogen (secondary N) is 1. The number of methoxy groups -OCH3 is 1. The van der Waals surface area contributed by atoms with E-state index in [0.717, 1.165) is 0 Å². The third kappa shape index (κ3) is 4.78. The molecular formula is C17H20ClNO3. The number of hydrogen-bond donors (Lipinski definition) is 1. The highest BCUT2D eigenvalue weighted by atomic mass is 35.5. The van der Waals surface area contributed by atoms with Gasteiger partial charge in [0.1, 0.15) is 0 Å². The van der Waals surface area contributed by atoms with E-state index in [1.165, 1.54) is 7.11 Å². The van der Waals surface area contributed by atoms with E-state index in [-0.39, 0.29) is 24.3 Å². The fraction of sp³-hybridized carbons (Fsp3) is 0.412. The Hall–Kier alpha value is -1.99. The Morgan fingerprint density at radius 1 is 1.50 bits per heavy atom. The summed E-state index contributed by atoms with van der Waals surface area (Å²) in [6.07, 6.45) is 5.96. The maximum atomic E-state index is 12.2. The van der Waals surface area contributed by atoms with E-state index in [2.05, 4.69) is 11.2 Å². The molecule has 0 fully saturated rings. The molecule has 0 heterocycles. The molecule has 2 atom stereocenters. The SMILES string of the molecule is C#CCC(C)(CC(C)NC(=O)c1cccc(Cl)c1)C(=O)OC. The molecule has 4 nitrogen and oxygen atoms in total. The third-order valence-corrected chi connectivity index (χ3v) is 3.63. The molecule has 2 unspecified atom stereocenters. The average Bonchev–Trinajstić information content (AvgIpc) is 2.46. The van der Waals surface area contributed by atoms with Crippen molar-refractivity contribution in [3.05, 3.63) is 34.9 Å². The predicted molar refractivity (Wildman–Crippen MR) is 86.6 cm³/mol. The van der Waals surface area contributed by atoms with Crippen LogP contribution in [-0.2, 0) is 9.53 Å². The van der Waals surface area contributed by atoms with Crippen LogP contribution in [0.2, 0.25) is 5.02 Å². The second kappa shape index (κ2) is 7.86. The van der Waals surface area contributed by atoms with Gasteiger partial charge in [-0.05, 0) is 38.5 Å². The lowest BCUT2D eigenvalue weighted by Crippen LogP contribution is -2.40. The molecule has 1 rings (SSSR count). The van der Waals surface area contributed by atoms with Gasteiger partial charge in [0.05, 0.1) is 12.5 Å². The minimum atomic E-state index is -0.829. The summed E-state index contributed by atoms with van der Waals surface area (Å²) in [7, 11) is 1.33. The molecule has 22 heavy (non-hydrogen) atoms. The quantitative estimate of drug-likeness (QED) is 0.647. The van der Waals surface area contributed by atoms with Crippen LogP contribution in [0.25, 0.3) is 0 Å². The number of amides is 1. The number of hydrogen-bond acceptors (Lipinski definition) is 3. The second-order valence-corrected chi connectivity index (χ2v) is 5.96. The first kappa shape index (κ1) is 18.1. The van der Waals surface area contributed by atoms with Crippen LogP contribution in [0.3, 0.4) is 0 Å². The Morgan fingerprint density at radius 3 is 2.73 bits per heavy atom. The minimum Gasteiger partial charge on any atom is -0.469 e. The number of carbonyl (C=O) groups excluding carboxylic acids is 2. The van der Waals surface area contributed by atoms with E-state index in [9.17, 15) is 9.59 Å². The molecule has 1 amide bonds. The van der Waals surface area contributed by atoms with Crippen molar-refractivity contribution < 1.29 is 14.3 Å². The minimum absolute atomic E-state index is 0.246. The highest BCUT2D eigenvalue weighted by Gasteiger charge is 2.35. The van der Waals surface area contributed by atoms with Gasteiger partial charge in [0.15, 0.2) is 0 Å². The number of ether oxygens (including phenoxy) is 1. The number of halogens is 1. The van der Waals surface area contributed by atoms with Crippen molar-refractivity contribution in [1.82, 2.24) is 5.32 Å². The number of terminal acetylenes is 1. The average molecular weight is 322 g/mol. The number of rotatable bonds is 6. The van der Waals surface area contributed by atoms with Gasteiger partial charge in [0.25, 0.3) is 5.91 Å². The van der Waals surface area contributed by atoms with Gasteiger partial charge in [-0.1, -0.05) is 17.7 Å². The summed E-state index contributed by atoms with van der Waals surface area (Å²) in [5.74, 6) is 1.86. The van der Waals surface area contributed by atoms with E-state index in [0.29, 0.717) is 17.0 Å². The van der Waals surface area contributed by atoms with Crippen molar-refractivity contribution in [3.63, 3.8) is 0 Å². The first-order valence-electron chi connectivity index (χ1n) is 6.90. The largest absolute Gasteiger partial charge is 0.469 e. The van der Waals surface area contributed by atoms with Crippen LogP contribution in [-0.4, -0.2) is 25.0 Å². The molecule has 0 aliphatic heterocycles. The van der Waals surface area contributed by atoms with Gasteiger partial charge in [-0.2, -0.15) is 0 Å². The highest BCUT2D eigenvalue weighted by Crippen LogP contribution is 2.29. The predicted octanol–water partition coefficient (Wildman–Crippen LogP) is 3.05. The zero-order valence-corrected chi connectivity index (χ0v) is 13.7. The Morgan fingerprint density at radius 2 is 2.18 bits per heavy atom. The Labute approximate surface area is 136 Å². The molecule has 1 aromatic rings. The van der Waals surface area contributed by atoms with E-state index < -0.39 is 5.41 Å². The second-order valence-electron chi connectivity index (χ2n) is 5.52. The lowest BCUT2D eigenvalue weighted by atomic mass is 9.81. The lowest BCUT2D eigenvalue weighted by Gasteiger charge is -2.28. The van der Waals surface area contributed by atoms with Crippen LogP contribution in [0.4, 0.5) is 0 Å². The number of benzene rings is 1. The van der Waals surface area contributed by atoms with E-state index in [1.54, 1.807) is 31.2 Å². The van der Waals surface area contributed by atoms with Crippen molar-refractivity contribution >= 4 is 23.5 Å². The molecule has 1 N–H and O–H groups in total.